The largest absolute Gasteiger partial charge is 0.497 e. The Bertz CT molecular complexity index is 572. The molecule has 6 nitrogen and oxygen atoms in total. The molecule has 1 aromatic carbocycles. The molecule has 1 saturated heterocycles. The smallest absolute Gasteiger partial charge is 0.222 e. The number of amides is 1. The standard InChI is InChI=1S/C20H32N4O2/c1-3-21-20(23-16-17-9-11-18(26-2)12-10-17)22-13-7-15-24-14-6-4-5-8-19(24)25/h9-12H,3-8,13-16H2,1-2H3,(H2,21,22,23). The summed E-state index contributed by atoms with van der Waals surface area (Å²) in [6.07, 6.45) is 4.97. The number of ether oxygens (including phenoxy) is 1. The van der Waals surface area contributed by atoms with Gasteiger partial charge in [0.1, 0.15) is 5.75 Å². The number of nitrogens with one attached hydrogen (secondary N) is 2. The predicted molar refractivity (Wildman–Crippen MR) is 105 cm³/mol. The van der Waals surface area contributed by atoms with E-state index < -0.39 is 0 Å². The molecule has 0 saturated carbocycles. The number of carbonyl (C=O) groups excluding carboxylic acids is 1. The van der Waals surface area contributed by atoms with E-state index in [9.17, 15) is 4.79 Å². The summed E-state index contributed by atoms with van der Waals surface area (Å²) in [5.74, 6) is 1.97. The first-order chi connectivity index (χ1) is 12.7. The molecule has 2 N–H and O–H groups in total. The monoisotopic (exact) mass is 360 g/mol. The molecule has 1 heterocycles. The summed E-state index contributed by atoms with van der Waals surface area (Å²) in [7, 11) is 1.67. The molecule has 0 unspecified atom stereocenters. The van der Waals surface area contributed by atoms with Gasteiger partial charge in [0.15, 0.2) is 5.96 Å². The number of guanidine groups is 1. The molecule has 144 valence electrons. The van der Waals surface area contributed by atoms with Gasteiger partial charge >= 0.3 is 0 Å². The topological polar surface area (TPSA) is 66.0 Å². The van der Waals surface area contributed by atoms with Gasteiger partial charge < -0.3 is 20.3 Å². The lowest BCUT2D eigenvalue weighted by molar-refractivity contribution is -0.130. The zero-order chi connectivity index (χ0) is 18.6. The molecule has 1 aliphatic rings. The van der Waals surface area contributed by atoms with E-state index in [4.69, 9.17) is 4.74 Å². The minimum absolute atomic E-state index is 0.308. The highest BCUT2D eigenvalue weighted by atomic mass is 16.5. The average Bonchev–Trinajstić information content (AvgIpc) is 2.87. The Morgan fingerprint density at radius 2 is 2.00 bits per heavy atom. The number of nitrogens with zero attached hydrogens (tertiary/aromatic N) is 2. The van der Waals surface area contributed by atoms with Crippen LogP contribution < -0.4 is 15.4 Å². The number of benzene rings is 1. The number of likely N-dealkylation sites (tertiary alicyclic amines) is 1. The molecule has 2 rings (SSSR count). The summed E-state index contributed by atoms with van der Waals surface area (Å²) in [5, 5.41) is 6.63. The Morgan fingerprint density at radius 3 is 2.73 bits per heavy atom. The van der Waals surface area contributed by atoms with Gasteiger partial charge in [-0.05, 0) is 43.9 Å². The third-order valence-electron chi connectivity index (χ3n) is 4.49. The van der Waals surface area contributed by atoms with Crippen molar-refractivity contribution < 1.29 is 9.53 Å². The number of hydrogen-bond donors (Lipinski definition) is 2. The van der Waals surface area contributed by atoms with Crippen LogP contribution >= 0.6 is 0 Å². The van der Waals surface area contributed by atoms with E-state index in [0.29, 0.717) is 18.9 Å². The van der Waals surface area contributed by atoms with E-state index in [1.165, 1.54) is 6.42 Å². The van der Waals surface area contributed by atoms with Crippen LogP contribution in [0.3, 0.4) is 0 Å². The van der Waals surface area contributed by atoms with Crippen molar-refractivity contribution in [3.63, 3.8) is 0 Å². The van der Waals surface area contributed by atoms with Crippen LogP contribution in [-0.2, 0) is 11.3 Å². The number of aliphatic imine (C=N–C) groups is 1. The van der Waals surface area contributed by atoms with Crippen molar-refractivity contribution in [2.24, 2.45) is 4.99 Å². The van der Waals surface area contributed by atoms with Crippen LogP contribution in [-0.4, -0.2) is 50.1 Å². The van der Waals surface area contributed by atoms with Gasteiger partial charge in [0.2, 0.25) is 5.91 Å². The molecule has 6 heteroatoms. The van der Waals surface area contributed by atoms with Crippen molar-refractivity contribution in [1.29, 1.82) is 0 Å². The van der Waals surface area contributed by atoms with E-state index in [-0.39, 0.29) is 0 Å². The normalized spacial score (nSPS) is 15.5. The maximum atomic E-state index is 12.0. The zero-order valence-corrected chi connectivity index (χ0v) is 16.1. The van der Waals surface area contributed by atoms with Crippen LogP contribution in [0.4, 0.5) is 0 Å². The fourth-order valence-electron chi connectivity index (χ4n) is 2.99. The molecule has 1 amide bonds. The van der Waals surface area contributed by atoms with Gasteiger partial charge in [-0.1, -0.05) is 18.6 Å². The molecule has 0 aromatic heterocycles. The van der Waals surface area contributed by atoms with Crippen LogP contribution in [0.2, 0.25) is 0 Å². The van der Waals surface area contributed by atoms with Gasteiger partial charge in [-0.15, -0.1) is 0 Å². The summed E-state index contributed by atoms with van der Waals surface area (Å²) in [4.78, 5) is 18.6. The first-order valence-electron chi connectivity index (χ1n) is 9.66. The third kappa shape index (κ3) is 6.94. The van der Waals surface area contributed by atoms with Crippen molar-refractivity contribution in [2.75, 3.05) is 33.3 Å². The van der Waals surface area contributed by atoms with Crippen molar-refractivity contribution in [1.82, 2.24) is 15.5 Å². The van der Waals surface area contributed by atoms with Crippen LogP contribution in [0.5, 0.6) is 5.75 Å². The molecule has 1 aliphatic heterocycles. The molecule has 0 radical (unpaired) electrons. The summed E-state index contributed by atoms with van der Waals surface area (Å²) < 4.78 is 5.18. The molecule has 1 fully saturated rings. The fourth-order valence-corrected chi connectivity index (χ4v) is 2.99. The third-order valence-corrected chi connectivity index (χ3v) is 4.49. The lowest BCUT2D eigenvalue weighted by Crippen LogP contribution is -2.39. The van der Waals surface area contributed by atoms with Crippen LogP contribution in [0, 0.1) is 0 Å². The Balaban J connectivity index is 1.76. The van der Waals surface area contributed by atoms with E-state index in [1.54, 1.807) is 7.11 Å². The quantitative estimate of drug-likeness (QED) is 0.425. The van der Waals surface area contributed by atoms with E-state index >= 15 is 0 Å². The Morgan fingerprint density at radius 1 is 1.19 bits per heavy atom. The van der Waals surface area contributed by atoms with Crippen LogP contribution in [0.1, 0.15) is 44.6 Å². The summed E-state index contributed by atoms with van der Waals surface area (Å²) in [6.45, 7) is 6.02. The van der Waals surface area contributed by atoms with Crippen molar-refractivity contribution in [3.05, 3.63) is 29.8 Å². The predicted octanol–water partition coefficient (Wildman–Crippen LogP) is 2.54. The highest BCUT2D eigenvalue weighted by Crippen LogP contribution is 2.12. The molecular weight excluding hydrogens is 328 g/mol. The number of hydrogen-bond acceptors (Lipinski definition) is 3. The van der Waals surface area contributed by atoms with Crippen LogP contribution in [0.15, 0.2) is 29.3 Å². The second-order valence-corrected chi connectivity index (χ2v) is 6.52. The van der Waals surface area contributed by atoms with Gasteiger partial charge in [0, 0.05) is 32.6 Å². The van der Waals surface area contributed by atoms with Gasteiger partial charge in [-0.3, -0.25) is 4.79 Å². The lowest BCUT2D eigenvalue weighted by atomic mass is 10.2. The molecule has 0 bridgehead atoms. The van der Waals surface area contributed by atoms with Gasteiger partial charge in [-0.25, -0.2) is 4.99 Å². The highest BCUT2D eigenvalue weighted by molar-refractivity contribution is 5.79. The SMILES string of the molecule is CCNC(=NCc1ccc(OC)cc1)NCCCN1CCCCCC1=O. The fraction of sp³-hybridized carbons (Fsp3) is 0.600. The van der Waals surface area contributed by atoms with Crippen LogP contribution in [0.25, 0.3) is 0 Å². The van der Waals surface area contributed by atoms with Gasteiger partial charge in [-0.2, -0.15) is 0 Å². The second kappa shape index (κ2) is 11.4. The lowest BCUT2D eigenvalue weighted by Gasteiger charge is -2.20. The molecule has 0 atom stereocenters. The Labute approximate surface area is 157 Å². The minimum Gasteiger partial charge on any atom is -0.497 e. The number of carbonyl (C=O) groups is 1. The van der Waals surface area contributed by atoms with E-state index in [2.05, 4.69) is 22.5 Å². The maximum Gasteiger partial charge on any atom is 0.222 e. The average molecular weight is 361 g/mol. The Hall–Kier alpha value is -2.24. The van der Waals surface area contributed by atoms with E-state index in [1.807, 2.05) is 29.2 Å². The molecule has 1 aromatic rings. The minimum atomic E-state index is 0.308. The summed E-state index contributed by atoms with van der Waals surface area (Å²) in [5.41, 5.74) is 1.14. The first kappa shape index (κ1) is 20.1. The Kier molecular flexibility index (Phi) is 8.79. The first-order valence-corrected chi connectivity index (χ1v) is 9.66. The summed E-state index contributed by atoms with van der Waals surface area (Å²) in [6, 6.07) is 7.94. The number of rotatable bonds is 8. The van der Waals surface area contributed by atoms with Crippen molar-refractivity contribution in [2.45, 2.75) is 45.6 Å². The van der Waals surface area contributed by atoms with Gasteiger partial charge in [0.05, 0.1) is 13.7 Å². The molecule has 0 spiro atoms. The summed E-state index contributed by atoms with van der Waals surface area (Å²) >= 11 is 0. The molecule has 26 heavy (non-hydrogen) atoms. The van der Waals surface area contributed by atoms with Crippen molar-refractivity contribution in [3.8, 4) is 5.75 Å². The second-order valence-electron chi connectivity index (χ2n) is 6.52. The van der Waals surface area contributed by atoms with E-state index in [0.717, 1.165) is 62.7 Å². The zero-order valence-electron chi connectivity index (χ0n) is 16.1. The van der Waals surface area contributed by atoms with Crippen molar-refractivity contribution >= 4 is 11.9 Å². The molecular formula is C20H32N4O2. The maximum absolute atomic E-state index is 12.0. The highest BCUT2D eigenvalue weighted by Gasteiger charge is 2.15. The van der Waals surface area contributed by atoms with Gasteiger partial charge in [0.25, 0.3) is 0 Å². The molecule has 0 aliphatic carbocycles. The number of methoxy groups -OCH3 is 1.